The number of hydrogen-bond donors (Lipinski definition) is 1. The fourth-order valence-corrected chi connectivity index (χ4v) is 6.64. The van der Waals surface area contributed by atoms with Gasteiger partial charge in [-0.15, -0.1) is 0 Å². The van der Waals surface area contributed by atoms with Gasteiger partial charge >= 0.3 is 7.94 Å². The molecule has 1 unspecified atom stereocenters. The number of rotatable bonds is 2. The van der Waals surface area contributed by atoms with Crippen LogP contribution in [0.25, 0.3) is 0 Å². The second-order valence-corrected chi connectivity index (χ2v) is 9.83. The van der Waals surface area contributed by atoms with Gasteiger partial charge in [0.25, 0.3) is 5.76 Å². The van der Waals surface area contributed by atoms with E-state index in [4.69, 9.17) is 9.05 Å². The molecule has 2 aromatic rings. The van der Waals surface area contributed by atoms with Crippen molar-refractivity contribution in [2.24, 2.45) is 0 Å². The molecule has 6 nitrogen and oxygen atoms in total. The molecule has 0 saturated heterocycles. The highest BCUT2D eigenvalue weighted by Gasteiger charge is 2.64. The molecule has 1 heterocycles. The van der Waals surface area contributed by atoms with Gasteiger partial charge in [-0.25, -0.2) is 0 Å². The molecular formula is C22H20NO5P. The van der Waals surface area contributed by atoms with Crippen molar-refractivity contribution in [3.05, 3.63) is 77.2 Å². The zero-order valence-electron chi connectivity index (χ0n) is 15.7. The molecule has 0 radical (unpaired) electrons. The van der Waals surface area contributed by atoms with Gasteiger partial charge in [0, 0.05) is 24.0 Å². The van der Waals surface area contributed by atoms with E-state index in [0.717, 1.165) is 19.3 Å². The van der Waals surface area contributed by atoms with Crippen LogP contribution < -0.4 is 14.7 Å². The lowest BCUT2D eigenvalue weighted by Gasteiger charge is -2.49. The average Bonchev–Trinajstić information content (AvgIpc) is 2.75. The third kappa shape index (κ3) is 2.78. The Labute approximate surface area is 169 Å². The van der Waals surface area contributed by atoms with Crippen LogP contribution in [0.2, 0.25) is 0 Å². The highest BCUT2D eigenvalue weighted by atomic mass is 31.2. The van der Waals surface area contributed by atoms with Crippen molar-refractivity contribution in [3.8, 4) is 5.75 Å². The molecule has 1 spiro atoms. The topological polar surface area (TPSA) is 87.7 Å². The molecule has 1 fully saturated rings. The molecule has 148 valence electrons. The molecule has 1 aliphatic heterocycles. The van der Waals surface area contributed by atoms with E-state index in [1.54, 1.807) is 48.5 Å². The minimum atomic E-state index is -3.85. The van der Waals surface area contributed by atoms with Crippen LogP contribution in [0.5, 0.6) is 5.75 Å². The van der Waals surface area contributed by atoms with Gasteiger partial charge in [0.1, 0.15) is 5.70 Å². The second kappa shape index (κ2) is 6.68. The van der Waals surface area contributed by atoms with Gasteiger partial charge in [0.15, 0.2) is 5.75 Å². The maximum absolute atomic E-state index is 14.1. The van der Waals surface area contributed by atoms with Crippen molar-refractivity contribution < 1.29 is 23.5 Å². The second-order valence-electron chi connectivity index (χ2n) is 7.62. The number of benzene rings is 2. The molecular weight excluding hydrogens is 389 g/mol. The molecule has 0 bridgehead atoms. The molecule has 3 aliphatic rings. The Balaban J connectivity index is 1.62. The first-order valence-corrected chi connectivity index (χ1v) is 11.3. The number of allylic oxidation sites excluding steroid dienone is 2. The van der Waals surface area contributed by atoms with E-state index in [1.807, 2.05) is 6.07 Å². The first-order valence-electron chi connectivity index (χ1n) is 9.78. The predicted molar refractivity (Wildman–Crippen MR) is 106 cm³/mol. The molecule has 1 N–H and O–H groups in total. The summed E-state index contributed by atoms with van der Waals surface area (Å²) in [6.45, 7) is 0. The van der Waals surface area contributed by atoms with Crippen molar-refractivity contribution in [1.29, 1.82) is 0 Å². The zero-order valence-corrected chi connectivity index (χ0v) is 16.6. The minimum absolute atomic E-state index is 0.0961. The van der Waals surface area contributed by atoms with Crippen LogP contribution in [0.15, 0.2) is 66.1 Å². The Morgan fingerprint density at radius 2 is 1.52 bits per heavy atom. The Morgan fingerprint density at radius 3 is 2.21 bits per heavy atom. The van der Waals surface area contributed by atoms with Gasteiger partial charge in [0.2, 0.25) is 16.8 Å². The summed E-state index contributed by atoms with van der Waals surface area (Å²) in [5.41, 5.74) is 0.682. The SMILES string of the molecule is O=C1C2=C(O[P+]([O-])(Oc3ccccc3)C3(CCCCC3)N2)C(=O)c2ccccc21. The van der Waals surface area contributed by atoms with Crippen molar-refractivity contribution in [3.63, 3.8) is 0 Å². The third-order valence-corrected chi connectivity index (χ3v) is 8.30. The Hall–Kier alpha value is -2.69. The first kappa shape index (κ1) is 18.3. The highest BCUT2D eigenvalue weighted by Crippen LogP contribution is 2.70. The van der Waals surface area contributed by atoms with Crippen molar-refractivity contribution in [2.45, 2.75) is 37.4 Å². The highest BCUT2D eigenvalue weighted by molar-refractivity contribution is 7.61. The monoisotopic (exact) mass is 409 g/mol. The number of ketones is 2. The van der Waals surface area contributed by atoms with Gasteiger partial charge in [-0.3, -0.25) is 9.59 Å². The molecule has 1 atom stereocenters. The standard InChI is InChI=1S/C22H20NO5P/c24-19-16-11-5-6-12-17(16)20(25)21-18(19)23-22(13-7-2-8-14-22)29(26,28-21)27-15-9-3-1-4-10-15/h1,3-6,9-12,23H,2,7-8,13-14H2. The lowest BCUT2D eigenvalue weighted by molar-refractivity contribution is -0.218. The van der Waals surface area contributed by atoms with Gasteiger partial charge in [0.05, 0.1) is 0 Å². The van der Waals surface area contributed by atoms with Crippen LogP contribution in [0.4, 0.5) is 0 Å². The number of para-hydroxylation sites is 1. The smallest absolute Gasteiger partial charge is 0.358 e. The van der Waals surface area contributed by atoms with Crippen LogP contribution in [-0.4, -0.2) is 16.8 Å². The van der Waals surface area contributed by atoms with Gasteiger partial charge in [-0.2, -0.15) is 0 Å². The third-order valence-electron chi connectivity index (χ3n) is 5.82. The average molecular weight is 409 g/mol. The Bertz CT molecular complexity index is 1030. The van der Waals surface area contributed by atoms with Crippen molar-refractivity contribution in [2.75, 3.05) is 0 Å². The molecule has 2 aliphatic carbocycles. The van der Waals surface area contributed by atoms with E-state index >= 15 is 0 Å². The van der Waals surface area contributed by atoms with Gasteiger partial charge in [-0.1, -0.05) is 48.9 Å². The zero-order chi connectivity index (χ0) is 20.1. The Morgan fingerprint density at radius 1 is 0.897 bits per heavy atom. The fraction of sp³-hybridized carbons (Fsp3) is 0.273. The first-order chi connectivity index (χ1) is 14.0. The summed E-state index contributed by atoms with van der Waals surface area (Å²) in [6, 6.07) is 15.4. The molecule has 29 heavy (non-hydrogen) atoms. The number of Topliss-reactive ketones (excluding diaryl/α,β-unsaturated/α-hetero) is 2. The molecule has 2 aromatic carbocycles. The van der Waals surface area contributed by atoms with Crippen LogP contribution >= 0.6 is 7.94 Å². The van der Waals surface area contributed by atoms with Crippen LogP contribution in [0.3, 0.4) is 0 Å². The Kier molecular flexibility index (Phi) is 4.23. The lowest BCUT2D eigenvalue weighted by Crippen LogP contribution is -2.58. The van der Waals surface area contributed by atoms with E-state index in [0.29, 0.717) is 24.2 Å². The predicted octanol–water partition coefficient (Wildman–Crippen LogP) is 3.76. The summed E-state index contributed by atoms with van der Waals surface area (Å²) < 4.78 is 11.8. The number of nitrogens with one attached hydrogen (secondary N) is 1. The molecule has 1 saturated carbocycles. The van der Waals surface area contributed by atoms with Crippen LogP contribution in [-0.2, 0) is 4.52 Å². The van der Waals surface area contributed by atoms with Crippen molar-refractivity contribution >= 4 is 19.5 Å². The van der Waals surface area contributed by atoms with Crippen LogP contribution in [0.1, 0.15) is 52.8 Å². The summed E-state index contributed by atoms with van der Waals surface area (Å²) >= 11 is 0. The lowest BCUT2D eigenvalue weighted by atomic mass is 9.89. The maximum Gasteiger partial charge on any atom is 0.358 e. The molecule has 0 amide bonds. The van der Waals surface area contributed by atoms with E-state index in [-0.39, 0.29) is 22.8 Å². The number of fused-ring (bicyclic) bond motifs is 1. The van der Waals surface area contributed by atoms with E-state index in [2.05, 4.69) is 5.32 Å². The molecule has 0 aromatic heterocycles. The minimum Gasteiger partial charge on any atom is -0.615 e. The normalized spacial score (nSPS) is 25.0. The largest absolute Gasteiger partial charge is 0.615 e. The number of carbonyl (C=O) groups excluding carboxylic acids is 2. The summed E-state index contributed by atoms with van der Waals surface area (Å²) in [6.07, 6.45) is 3.75. The quantitative estimate of drug-likeness (QED) is 0.760. The van der Waals surface area contributed by atoms with E-state index in [9.17, 15) is 14.5 Å². The van der Waals surface area contributed by atoms with Crippen LogP contribution in [0, 0.1) is 0 Å². The van der Waals surface area contributed by atoms with E-state index in [1.165, 1.54) is 0 Å². The summed E-state index contributed by atoms with van der Waals surface area (Å²) in [5, 5.41) is 2.17. The summed E-state index contributed by atoms with van der Waals surface area (Å²) in [7, 11) is -3.85. The van der Waals surface area contributed by atoms with Gasteiger partial charge < -0.3 is 19.3 Å². The summed E-state index contributed by atoms with van der Waals surface area (Å²) in [5.74, 6) is -0.567. The summed E-state index contributed by atoms with van der Waals surface area (Å²) in [4.78, 5) is 40.3. The molecule has 7 heteroatoms. The number of carbonyl (C=O) groups is 2. The molecule has 5 rings (SSSR count). The van der Waals surface area contributed by atoms with Gasteiger partial charge in [-0.05, 0) is 25.0 Å². The van der Waals surface area contributed by atoms with Crippen molar-refractivity contribution in [1.82, 2.24) is 5.32 Å². The maximum atomic E-state index is 14.1. The fourth-order valence-electron chi connectivity index (χ4n) is 4.32. The van der Waals surface area contributed by atoms with E-state index < -0.39 is 19.0 Å². The number of hydrogen-bond acceptors (Lipinski definition) is 6.